The van der Waals surface area contributed by atoms with Gasteiger partial charge in [0.1, 0.15) is 11.7 Å². The first-order chi connectivity index (χ1) is 17.6. The van der Waals surface area contributed by atoms with Gasteiger partial charge in [0.05, 0.1) is 12.2 Å². The molecule has 19 heteroatoms. The molecule has 2 aromatic rings. The monoisotopic (exact) mass is 571 g/mol. The molecule has 1 aromatic heterocycles. The molecule has 2 heterocycles. The van der Waals surface area contributed by atoms with Gasteiger partial charge in [0.15, 0.2) is 22.3 Å². The van der Waals surface area contributed by atoms with Gasteiger partial charge in [0, 0.05) is 11.4 Å². The molecular formula is C19H21N7O10S2. The highest BCUT2D eigenvalue weighted by Crippen LogP contribution is 2.27. The molecule has 1 saturated heterocycles. The van der Waals surface area contributed by atoms with Gasteiger partial charge in [-0.1, -0.05) is 5.16 Å². The number of imide groups is 1. The Morgan fingerprint density at radius 3 is 2.50 bits per heavy atom. The number of carboxylic acids is 1. The average Bonchev–Trinajstić information content (AvgIpc) is 3.23. The maximum atomic E-state index is 12.8. The van der Waals surface area contributed by atoms with E-state index in [2.05, 4.69) is 15.5 Å². The molecular weight excluding hydrogens is 550 g/mol. The van der Waals surface area contributed by atoms with Gasteiger partial charge in [-0.05, 0) is 26.0 Å². The summed E-state index contributed by atoms with van der Waals surface area (Å²) in [7, 11) is -4.55. The summed E-state index contributed by atoms with van der Waals surface area (Å²) in [6.07, 6.45) is 0. The molecule has 1 fully saturated rings. The number of carbonyl (C=O) groups is 4. The molecule has 0 radical (unpaired) electrons. The van der Waals surface area contributed by atoms with Crippen LogP contribution in [-0.4, -0.2) is 81.3 Å². The lowest BCUT2D eigenvalue weighted by molar-refractivity contribution is -0.161. The highest BCUT2D eigenvalue weighted by molar-refractivity contribution is 7.91. The number of carboxylic acid groups (broad SMARTS) is 1. The SMILES string of the molecule is CC(C)(ON=C(C(=O)N[C@H]1CN(C(=O)NS(=O)(=O)Nc2ccc(O)c(O)c2)C1=O)c1csc(N)n1)C(=O)O. The number of phenolic OH excluding ortho intramolecular Hbond substituents is 2. The smallest absolute Gasteiger partial charge is 0.350 e. The number of likely N-dealkylation sites (tertiary alicyclic amines) is 1. The van der Waals surface area contributed by atoms with Gasteiger partial charge in [-0.2, -0.15) is 8.42 Å². The number of anilines is 2. The number of amides is 4. The maximum Gasteiger partial charge on any atom is 0.350 e. The molecule has 0 aliphatic carbocycles. The van der Waals surface area contributed by atoms with Crippen molar-refractivity contribution in [3.63, 3.8) is 0 Å². The summed E-state index contributed by atoms with van der Waals surface area (Å²) >= 11 is 0.957. The molecule has 1 aliphatic heterocycles. The van der Waals surface area contributed by atoms with Gasteiger partial charge in [-0.3, -0.25) is 19.2 Å². The number of nitrogen functional groups attached to an aromatic ring is 1. The lowest BCUT2D eigenvalue weighted by Gasteiger charge is -2.36. The molecule has 1 atom stereocenters. The van der Waals surface area contributed by atoms with Gasteiger partial charge in [-0.25, -0.2) is 19.3 Å². The third kappa shape index (κ3) is 6.37. The Morgan fingerprint density at radius 1 is 1.26 bits per heavy atom. The van der Waals surface area contributed by atoms with Gasteiger partial charge in [0.2, 0.25) is 5.60 Å². The number of nitrogens with two attached hydrogens (primary N) is 1. The zero-order chi connectivity index (χ0) is 28.4. The third-order valence-corrected chi connectivity index (χ3v) is 6.41. The topological polar surface area (TPSA) is 263 Å². The zero-order valence-electron chi connectivity index (χ0n) is 19.5. The number of nitrogens with zero attached hydrogens (tertiary/aromatic N) is 3. The fourth-order valence-corrected chi connectivity index (χ4v) is 4.06. The van der Waals surface area contributed by atoms with Crippen molar-refractivity contribution in [1.82, 2.24) is 19.9 Å². The number of rotatable bonds is 9. The van der Waals surface area contributed by atoms with Crippen LogP contribution in [-0.2, 0) is 29.4 Å². The Labute approximate surface area is 218 Å². The quantitative estimate of drug-likeness (QED) is 0.0635. The van der Waals surface area contributed by atoms with E-state index in [9.17, 15) is 42.9 Å². The summed E-state index contributed by atoms with van der Waals surface area (Å²) in [5.41, 5.74) is 3.01. The number of benzene rings is 1. The molecule has 38 heavy (non-hydrogen) atoms. The zero-order valence-corrected chi connectivity index (χ0v) is 21.2. The van der Waals surface area contributed by atoms with Crippen molar-refractivity contribution in [3.8, 4) is 11.5 Å². The summed E-state index contributed by atoms with van der Waals surface area (Å²) in [6.45, 7) is 1.95. The molecule has 1 aromatic carbocycles. The Morgan fingerprint density at radius 2 is 1.95 bits per heavy atom. The van der Waals surface area contributed by atoms with Crippen molar-refractivity contribution < 1.29 is 47.8 Å². The molecule has 0 spiro atoms. The van der Waals surface area contributed by atoms with Crippen LogP contribution in [0.25, 0.3) is 0 Å². The number of thiazole rings is 1. The number of hydrogen-bond acceptors (Lipinski definition) is 13. The molecule has 0 saturated carbocycles. The third-order valence-electron chi connectivity index (χ3n) is 4.79. The number of aromatic nitrogens is 1. The number of aliphatic carboxylic acids is 1. The second-order valence-corrected chi connectivity index (χ2v) is 10.4. The molecule has 17 nitrogen and oxygen atoms in total. The van der Waals surface area contributed by atoms with Crippen LogP contribution in [0.1, 0.15) is 19.5 Å². The standard InChI is InChI=1S/C19H21N7O10S2/c1-19(2,16(31)32)36-23-13(10-7-37-17(20)22-10)14(29)21-9-6-26(15(9)30)18(33)25-38(34,35)24-8-3-4-11(27)12(28)5-8/h3-5,7,9,24,27-28H,6H2,1-2H3,(H2,20,22)(H,21,29)(H,25,33)(H,31,32)/t9-/m0/s1. The molecule has 0 unspecified atom stereocenters. The highest BCUT2D eigenvalue weighted by atomic mass is 32.2. The van der Waals surface area contributed by atoms with Crippen LogP contribution in [0, 0.1) is 0 Å². The van der Waals surface area contributed by atoms with Gasteiger partial charge >= 0.3 is 22.2 Å². The molecule has 0 bridgehead atoms. The maximum absolute atomic E-state index is 12.8. The van der Waals surface area contributed by atoms with Crippen LogP contribution < -0.4 is 20.5 Å². The number of β-lactam (4-membered cyclic amide) rings is 1. The van der Waals surface area contributed by atoms with E-state index < -0.39 is 69.4 Å². The minimum Gasteiger partial charge on any atom is -0.504 e. The van der Waals surface area contributed by atoms with Crippen LogP contribution in [0.2, 0.25) is 0 Å². The summed E-state index contributed by atoms with van der Waals surface area (Å²) in [5, 5.41) is 35.2. The Balaban J connectivity index is 1.64. The number of hydrogen-bond donors (Lipinski definition) is 7. The Kier molecular flexibility index (Phi) is 7.63. The normalized spacial score (nSPS) is 15.8. The van der Waals surface area contributed by atoms with E-state index in [1.165, 1.54) is 19.2 Å². The van der Waals surface area contributed by atoms with E-state index >= 15 is 0 Å². The number of aromatic hydroxyl groups is 2. The van der Waals surface area contributed by atoms with E-state index in [0.717, 1.165) is 29.5 Å². The Bertz CT molecular complexity index is 1440. The molecule has 4 amide bonds. The number of urea groups is 1. The van der Waals surface area contributed by atoms with Gasteiger partial charge < -0.3 is 31.2 Å². The van der Waals surface area contributed by atoms with Crippen molar-refractivity contribution in [2.45, 2.75) is 25.5 Å². The first-order valence-corrected chi connectivity index (χ1v) is 12.7. The Hall–Kier alpha value is -4.65. The second kappa shape index (κ2) is 10.4. The number of nitrogens with one attached hydrogen (secondary N) is 3. The second-order valence-electron chi connectivity index (χ2n) is 8.11. The number of carbonyl (C=O) groups excluding carboxylic acids is 3. The van der Waals surface area contributed by atoms with Crippen molar-refractivity contribution >= 4 is 61.9 Å². The van der Waals surface area contributed by atoms with Crippen molar-refractivity contribution in [3.05, 3.63) is 29.3 Å². The minimum atomic E-state index is -4.55. The highest BCUT2D eigenvalue weighted by Gasteiger charge is 2.43. The fourth-order valence-electron chi connectivity index (χ4n) is 2.68. The molecule has 3 rings (SSSR count). The van der Waals surface area contributed by atoms with Crippen molar-refractivity contribution in [2.24, 2.45) is 5.16 Å². The summed E-state index contributed by atoms with van der Waals surface area (Å²) < 4.78 is 27.9. The first-order valence-electron chi connectivity index (χ1n) is 10.3. The predicted octanol–water partition coefficient (Wildman–Crippen LogP) is -0.886. The lowest BCUT2D eigenvalue weighted by atomic mass is 10.1. The lowest BCUT2D eigenvalue weighted by Crippen LogP contribution is -2.68. The first kappa shape index (κ1) is 27.9. The van der Waals surface area contributed by atoms with Crippen LogP contribution in [0.5, 0.6) is 11.5 Å². The van der Waals surface area contributed by atoms with E-state index in [1.54, 1.807) is 4.72 Å². The average molecular weight is 572 g/mol. The molecule has 1 aliphatic rings. The summed E-state index contributed by atoms with van der Waals surface area (Å²) in [4.78, 5) is 58.1. The minimum absolute atomic E-state index is 0.0648. The van der Waals surface area contributed by atoms with E-state index in [0.29, 0.717) is 4.90 Å². The van der Waals surface area contributed by atoms with Gasteiger partial charge in [-0.15, -0.1) is 11.3 Å². The van der Waals surface area contributed by atoms with E-state index in [-0.39, 0.29) is 16.5 Å². The summed E-state index contributed by atoms with van der Waals surface area (Å²) in [6, 6.07) is 0.410. The van der Waals surface area contributed by atoms with Crippen molar-refractivity contribution in [1.29, 1.82) is 0 Å². The van der Waals surface area contributed by atoms with Crippen LogP contribution in [0.3, 0.4) is 0 Å². The number of oxime groups is 1. The van der Waals surface area contributed by atoms with E-state index in [1.807, 2.05) is 4.72 Å². The molecule has 8 N–H and O–H groups in total. The van der Waals surface area contributed by atoms with Crippen LogP contribution >= 0.6 is 11.3 Å². The predicted molar refractivity (Wildman–Crippen MR) is 130 cm³/mol. The molecule has 204 valence electrons. The summed E-state index contributed by atoms with van der Waals surface area (Å²) in [5.74, 6) is -4.46. The van der Waals surface area contributed by atoms with Crippen molar-refractivity contribution in [2.75, 3.05) is 17.0 Å². The van der Waals surface area contributed by atoms with Crippen LogP contribution in [0.15, 0.2) is 28.7 Å². The number of phenols is 2. The van der Waals surface area contributed by atoms with Crippen LogP contribution in [0.4, 0.5) is 15.6 Å². The van der Waals surface area contributed by atoms with E-state index in [4.69, 9.17) is 10.6 Å². The fraction of sp³-hybridized carbons (Fsp3) is 0.263. The largest absolute Gasteiger partial charge is 0.504 e. The van der Waals surface area contributed by atoms with Gasteiger partial charge in [0.25, 0.3) is 11.8 Å².